The van der Waals surface area contributed by atoms with Gasteiger partial charge in [-0.3, -0.25) is 4.79 Å². The first-order valence-electron chi connectivity index (χ1n) is 6.38. The van der Waals surface area contributed by atoms with Gasteiger partial charge >= 0.3 is 0 Å². The Morgan fingerprint density at radius 2 is 2.12 bits per heavy atom. The number of carbonyl (C=O) groups is 1. The Bertz CT molecular complexity index is 241. The topological polar surface area (TPSA) is 64.3 Å². The van der Waals surface area contributed by atoms with E-state index in [2.05, 4.69) is 5.32 Å². The average molecular weight is 226 g/mol. The second kappa shape index (κ2) is 5.64. The number of nitrogens with one attached hydrogen (secondary N) is 1. The molecule has 92 valence electrons. The van der Waals surface area contributed by atoms with Gasteiger partial charge in [0.05, 0.1) is 6.10 Å². The maximum Gasteiger partial charge on any atom is 0.246 e. The van der Waals surface area contributed by atoms with Crippen molar-refractivity contribution < 1.29 is 9.53 Å². The minimum Gasteiger partial charge on any atom is -0.368 e. The molecule has 2 fully saturated rings. The number of ether oxygens (including phenoxy) is 1. The molecule has 2 aliphatic rings. The van der Waals surface area contributed by atoms with Crippen LogP contribution in [0.4, 0.5) is 0 Å². The van der Waals surface area contributed by atoms with E-state index in [4.69, 9.17) is 10.5 Å². The Morgan fingerprint density at radius 3 is 2.81 bits per heavy atom. The summed E-state index contributed by atoms with van der Waals surface area (Å²) >= 11 is 0. The molecule has 16 heavy (non-hydrogen) atoms. The van der Waals surface area contributed by atoms with Crippen LogP contribution in [-0.4, -0.2) is 31.7 Å². The molecule has 0 heterocycles. The van der Waals surface area contributed by atoms with Crippen LogP contribution in [0.1, 0.15) is 32.1 Å². The summed E-state index contributed by atoms with van der Waals surface area (Å²) in [5.41, 5.74) is 5.66. The van der Waals surface area contributed by atoms with Crippen LogP contribution in [-0.2, 0) is 9.53 Å². The number of hydrogen-bond acceptors (Lipinski definition) is 3. The maximum atomic E-state index is 11.5. The quantitative estimate of drug-likeness (QED) is 0.699. The summed E-state index contributed by atoms with van der Waals surface area (Å²) in [6, 6.07) is 0. The monoisotopic (exact) mass is 226 g/mol. The summed E-state index contributed by atoms with van der Waals surface area (Å²) in [6.45, 7) is 1.70. The number of nitrogens with two attached hydrogens (primary N) is 1. The third-order valence-electron chi connectivity index (χ3n) is 3.61. The molecule has 2 atom stereocenters. The van der Waals surface area contributed by atoms with Crippen molar-refractivity contribution in [2.75, 3.05) is 19.7 Å². The summed E-state index contributed by atoms with van der Waals surface area (Å²) in [5.74, 6) is 1.21. The maximum absolute atomic E-state index is 11.5. The molecule has 0 aromatic heterocycles. The van der Waals surface area contributed by atoms with Crippen LogP contribution < -0.4 is 11.1 Å². The molecule has 0 aromatic rings. The van der Waals surface area contributed by atoms with E-state index in [9.17, 15) is 4.79 Å². The molecular weight excluding hydrogens is 204 g/mol. The fourth-order valence-electron chi connectivity index (χ4n) is 2.31. The molecule has 0 bridgehead atoms. The summed E-state index contributed by atoms with van der Waals surface area (Å²) in [6.07, 6.45) is 6.10. The van der Waals surface area contributed by atoms with Crippen molar-refractivity contribution in [1.29, 1.82) is 0 Å². The molecule has 4 nitrogen and oxygen atoms in total. The minimum absolute atomic E-state index is 0.0228. The smallest absolute Gasteiger partial charge is 0.246 e. The average Bonchev–Trinajstić information content (AvgIpc) is 3.01. The summed E-state index contributed by atoms with van der Waals surface area (Å²) in [5, 5.41) is 2.91. The van der Waals surface area contributed by atoms with Gasteiger partial charge in [0, 0.05) is 6.54 Å². The van der Waals surface area contributed by atoms with Gasteiger partial charge in [0.1, 0.15) is 6.61 Å². The zero-order valence-electron chi connectivity index (χ0n) is 9.78. The van der Waals surface area contributed by atoms with E-state index >= 15 is 0 Å². The third kappa shape index (κ3) is 3.46. The zero-order chi connectivity index (χ0) is 11.4. The van der Waals surface area contributed by atoms with E-state index in [0.717, 1.165) is 25.3 Å². The van der Waals surface area contributed by atoms with Gasteiger partial charge in [0.15, 0.2) is 0 Å². The second-order valence-corrected chi connectivity index (χ2v) is 5.02. The fourth-order valence-corrected chi connectivity index (χ4v) is 2.31. The molecule has 0 aliphatic heterocycles. The van der Waals surface area contributed by atoms with Gasteiger partial charge in [0.2, 0.25) is 5.91 Å². The van der Waals surface area contributed by atoms with Crippen molar-refractivity contribution in [3.8, 4) is 0 Å². The van der Waals surface area contributed by atoms with Crippen molar-refractivity contribution in [3.05, 3.63) is 0 Å². The molecule has 2 saturated carbocycles. The van der Waals surface area contributed by atoms with Crippen LogP contribution in [0.2, 0.25) is 0 Å². The van der Waals surface area contributed by atoms with E-state index in [1.807, 2.05) is 0 Å². The first kappa shape index (κ1) is 11.9. The van der Waals surface area contributed by atoms with Crippen LogP contribution >= 0.6 is 0 Å². The number of rotatable bonds is 6. The third-order valence-corrected chi connectivity index (χ3v) is 3.61. The lowest BCUT2D eigenvalue weighted by Gasteiger charge is -2.18. The molecule has 0 radical (unpaired) electrons. The van der Waals surface area contributed by atoms with Gasteiger partial charge < -0.3 is 15.8 Å². The van der Waals surface area contributed by atoms with Crippen molar-refractivity contribution >= 4 is 5.91 Å². The van der Waals surface area contributed by atoms with Crippen molar-refractivity contribution in [2.24, 2.45) is 17.6 Å². The molecule has 0 aromatic carbocycles. The van der Waals surface area contributed by atoms with E-state index in [1.165, 1.54) is 19.3 Å². The predicted molar refractivity (Wildman–Crippen MR) is 61.9 cm³/mol. The first-order chi connectivity index (χ1) is 7.79. The van der Waals surface area contributed by atoms with Crippen LogP contribution in [0.25, 0.3) is 0 Å². The largest absolute Gasteiger partial charge is 0.368 e. The Balaban J connectivity index is 1.59. The Morgan fingerprint density at radius 1 is 1.31 bits per heavy atom. The molecule has 0 spiro atoms. The predicted octanol–water partition coefficient (Wildman–Crippen LogP) is 0.657. The molecule has 1 amide bonds. The standard InChI is InChI=1S/C12H22N2O2/c13-6-10-2-1-3-11(10)16-8-12(15)14-7-9-4-5-9/h9-11H,1-8,13H2,(H,14,15). The zero-order valence-corrected chi connectivity index (χ0v) is 9.78. The molecule has 4 heteroatoms. The van der Waals surface area contributed by atoms with Gasteiger partial charge in [-0.15, -0.1) is 0 Å². The molecule has 0 saturated heterocycles. The summed E-state index contributed by atoms with van der Waals surface area (Å²) in [4.78, 5) is 11.5. The Kier molecular flexibility index (Phi) is 4.18. The fraction of sp³-hybridized carbons (Fsp3) is 0.917. The normalized spacial score (nSPS) is 29.3. The van der Waals surface area contributed by atoms with Crippen molar-refractivity contribution in [2.45, 2.75) is 38.2 Å². The van der Waals surface area contributed by atoms with E-state index in [1.54, 1.807) is 0 Å². The highest BCUT2D eigenvalue weighted by molar-refractivity contribution is 5.77. The van der Waals surface area contributed by atoms with Gasteiger partial charge in [-0.2, -0.15) is 0 Å². The number of amides is 1. The van der Waals surface area contributed by atoms with Crippen molar-refractivity contribution in [1.82, 2.24) is 5.32 Å². The molecule has 2 unspecified atom stereocenters. The first-order valence-corrected chi connectivity index (χ1v) is 6.38. The highest BCUT2D eigenvalue weighted by Crippen LogP contribution is 2.28. The SMILES string of the molecule is NCC1CCCC1OCC(=O)NCC1CC1. The molecule has 3 N–H and O–H groups in total. The van der Waals surface area contributed by atoms with E-state index in [-0.39, 0.29) is 18.6 Å². The number of carbonyl (C=O) groups excluding carboxylic acids is 1. The number of hydrogen-bond donors (Lipinski definition) is 2. The highest BCUT2D eigenvalue weighted by atomic mass is 16.5. The lowest BCUT2D eigenvalue weighted by atomic mass is 10.1. The van der Waals surface area contributed by atoms with Crippen LogP contribution in [0, 0.1) is 11.8 Å². The lowest BCUT2D eigenvalue weighted by Crippen LogP contribution is -2.33. The van der Waals surface area contributed by atoms with E-state index in [0.29, 0.717) is 12.5 Å². The van der Waals surface area contributed by atoms with Gasteiger partial charge in [0.25, 0.3) is 0 Å². The van der Waals surface area contributed by atoms with Gasteiger partial charge in [-0.1, -0.05) is 6.42 Å². The minimum atomic E-state index is 0.0228. The second-order valence-electron chi connectivity index (χ2n) is 5.02. The van der Waals surface area contributed by atoms with Crippen molar-refractivity contribution in [3.63, 3.8) is 0 Å². The summed E-state index contributed by atoms with van der Waals surface area (Å²) < 4.78 is 5.63. The van der Waals surface area contributed by atoms with Gasteiger partial charge in [-0.25, -0.2) is 0 Å². The highest BCUT2D eigenvalue weighted by Gasteiger charge is 2.27. The van der Waals surface area contributed by atoms with Crippen LogP contribution in [0.3, 0.4) is 0 Å². The van der Waals surface area contributed by atoms with Gasteiger partial charge in [-0.05, 0) is 44.1 Å². The molecular formula is C12H22N2O2. The van der Waals surface area contributed by atoms with Crippen LogP contribution in [0.15, 0.2) is 0 Å². The Labute approximate surface area is 96.9 Å². The lowest BCUT2D eigenvalue weighted by molar-refractivity contribution is -0.128. The van der Waals surface area contributed by atoms with E-state index < -0.39 is 0 Å². The molecule has 2 rings (SSSR count). The summed E-state index contributed by atoms with van der Waals surface area (Å²) in [7, 11) is 0. The molecule has 2 aliphatic carbocycles. The van der Waals surface area contributed by atoms with Crippen LogP contribution in [0.5, 0.6) is 0 Å². The Hall–Kier alpha value is -0.610.